The lowest BCUT2D eigenvalue weighted by Gasteiger charge is -2.08. The monoisotopic (exact) mass is 424 g/mol. The van der Waals surface area contributed by atoms with Gasteiger partial charge in [0.2, 0.25) is 0 Å². The van der Waals surface area contributed by atoms with E-state index in [-0.39, 0.29) is 18.2 Å². The summed E-state index contributed by atoms with van der Waals surface area (Å²) in [7, 11) is 0. The standard InChI is InChI=1S/C24H18ClFO4/c1-2-28-24(27)22-19-13-18(29-14-16-8-9-17(26)12-20(16)25)10-11-21(19)30-23(22)15-6-4-3-5-7-15/h3-13H,2,14H2,1H3. The second-order valence-corrected chi connectivity index (χ2v) is 6.98. The summed E-state index contributed by atoms with van der Waals surface area (Å²) in [6.45, 7) is 2.16. The second-order valence-electron chi connectivity index (χ2n) is 6.58. The van der Waals surface area contributed by atoms with Gasteiger partial charge < -0.3 is 13.9 Å². The van der Waals surface area contributed by atoms with Crippen LogP contribution in [0.15, 0.2) is 71.1 Å². The highest BCUT2D eigenvalue weighted by atomic mass is 35.5. The molecule has 1 heterocycles. The fourth-order valence-electron chi connectivity index (χ4n) is 3.17. The van der Waals surface area contributed by atoms with Crippen LogP contribution in [0.4, 0.5) is 4.39 Å². The normalized spacial score (nSPS) is 10.9. The molecular formula is C24H18ClFO4. The van der Waals surface area contributed by atoms with Crippen molar-refractivity contribution in [2.45, 2.75) is 13.5 Å². The van der Waals surface area contributed by atoms with Crippen molar-refractivity contribution in [3.05, 3.63) is 88.7 Å². The van der Waals surface area contributed by atoms with E-state index >= 15 is 0 Å². The molecule has 0 amide bonds. The predicted octanol–water partition coefficient (Wildman–Crippen LogP) is 6.65. The van der Waals surface area contributed by atoms with Gasteiger partial charge in [-0.3, -0.25) is 0 Å². The van der Waals surface area contributed by atoms with E-state index in [1.165, 1.54) is 12.1 Å². The number of fused-ring (bicyclic) bond motifs is 1. The molecule has 0 radical (unpaired) electrons. The molecule has 0 aliphatic carbocycles. The smallest absolute Gasteiger partial charge is 0.342 e. The van der Waals surface area contributed by atoms with E-state index in [1.807, 2.05) is 30.3 Å². The average molecular weight is 425 g/mol. The zero-order chi connectivity index (χ0) is 21.1. The summed E-state index contributed by atoms with van der Waals surface area (Å²) in [6.07, 6.45) is 0. The molecule has 0 spiro atoms. The van der Waals surface area contributed by atoms with Crippen LogP contribution in [0.1, 0.15) is 22.8 Å². The highest BCUT2D eigenvalue weighted by molar-refractivity contribution is 6.31. The van der Waals surface area contributed by atoms with E-state index < -0.39 is 11.8 Å². The Balaban J connectivity index is 1.72. The highest BCUT2D eigenvalue weighted by Crippen LogP contribution is 2.36. The Kier molecular flexibility index (Phi) is 5.72. The maximum absolute atomic E-state index is 13.2. The number of furan rings is 1. The van der Waals surface area contributed by atoms with E-state index in [1.54, 1.807) is 31.2 Å². The fraction of sp³-hybridized carbons (Fsp3) is 0.125. The van der Waals surface area contributed by atoms with Crippen molar-refractivity contribution in [3.63, 3.8) is 0 Å². The Hall–Kier alpha value is -3.31. The predicted molar refractivity (Wildman–Crippen MR) is 113 cm³/mol. The zero-order valence-electron chi connectivity index (χ0n) is 16.2. The van der Waals surface area contributed by atoms with Crippen LogP contribution in [-0.2, 0) is 11.3 Å². The number of rotatable bonds is 6. The lowest BCUT2D eigenvalue weighted by atomic mass is 10.1. The lowest BCUT2D eigenvalue weighted by molar-refractivity contribution is 0.0528. The van der Waals surface area contributed by atoms with Gasteiger partial charge in [-0.05, 0) is 37.3 Å². The zero-order valence-corrected chi connectivity index (χ0v) is 16.9. The Morgan fingerprint density at radius 3 is 2.60 bits per heavy atom. The maximum Gasteiger partial charge on any atom is 0.342 e. The van der Waals surface area contributed by atoms with Crippen LogP contribution in [0.2, 0.25) is 5.02 Å². The van der Waals surface area contributed by atoms with Gasteiger partial charge in [-0.2, -0.15) is 0 Å². The molecule has 4 nitrogen and oxygen atoms in total. The third kappa shape index (κ3) is 4.02. The largest absolute Gasteiger partial charge is 0.489 e. The Labute approximate surface area is 177 Å². The topological polar surface area (TPSA) is 48.7 Å². The van der Waals surface area contributed by atoms with Gasteiger partial charge in [-0.15, -0.1) is 0 Å². The molecule has 152 valence electrons. The minimum Gasteiger partial charge on any atom is -0.489 e. The molecule has 3 aromatic carbocycles. The van der Waals surface area contributed by atoms with Crippen LogP contribution >= 0.6 is 11.6 Å². The average Bonchev–Trinajstić information content (AvgIpc) is 3.13. The summed E-state index contributed by atoms with van der Waals surface area (Å²) in [5.41, 5.74) is 2.32. The van der Waals surface area contributed by atoms with Gasteiger partial charge in [0, 0.05) is 16.5 Å². The SMILES string of the molecule is CCOC(=O)c1c(-c2ccccc2)oc2ccc(OCc3ccc(F)cc3Cl)cc12. The Morgan fingerprint density at radius 2 is 1.87 bits per heavy atom. The molecule has 6 heteroatoms. The summed E-state index contributed by atoms with van der Waals surface area (Å²) in [6, 6.07) is 18.7. The van der Waals surface area contributed by atoms with Gasteiger partial charge in [-0.1, -0.05) is 48.0 Å². The van der Waals surface area contributed by atoms with Crippen molar-refractivity contribution < 1.29 is 23.1 Å². The van der Waals surface area contributed by atoms with Crippen LogP contribution in [0.3, 0.4) is 0 Å². The first kappa shape index (κ1) is 20.0. The molecule has 0 aliphatic rings. The van der Waals surface area contributed by atoms with Crippen molar-refractivity contribution in [3.8, 4) is 17.1 Å². The van der Waals surface area contributed by atoms with Crippen molar-refractivity contribution >= 4 is 28.5 Å². The number of carbonyl (C=O) groups is 1. The van der Waals surface area contributed by atoms with Crippen molar-refractivity contribution in [1.82, 2.24) is 0 Å². The molecule has 4 rings (SSSR count). The summed E-state index contributed by atoms with van der Waals surface area (Å²) in [5.74, 6) is 0.0987. The van der Waals surface area contributed by atoms with Crippen molar-refractivity contribution in [2.24, 2.45) is 0 Å². The van der Waals surface area contributed by atoms with Crippen LogP contribution < -0.4 is 4.74 Å². The summed E-state index contributed by atoms with van der Waals surface area (Å²) in [5, 5.41) is 0.882. The molecule has 0 N–H and O–H groups in total. The fourth-order valence-corrected chi connectivity index (χ4v) is 3.39. The molecule has 0 saturated heterocycles. The maximum atomic E-state index is 13.2. The summed E-state index contributed by atoms with van der Waals surface area (Å²) >= 11 is 6.07. The highest BCUT2D eigenvalue weighted by Gasteiger charge is 2.23. The van der Waals surface area contributed by atoms with E-state index in [0.717, 1.165) is 5.56 Å². The first-order chi connectivity index (χ1) is 14.6. The lowest BCUT2D eigenvalue weighted by Crippen LogP contribution is -2.05. The van der Waals surface area contributed by atoms with Crippen LogP contribution in [-0.4, -0.2) is 12.6 Å². The van der Waals surface area contributed by atoms with Gasteiger partial charge in [-0.25, -0.2) is 9.18 Å². The number of ether oxygens (including phenoxy) is 2. The van der Waals surface area contributed by atoms with E-state index in [0.29, 0.717) is 33.6 Å². The number of hydrogen-bond acceptors (Lipinski definition) is 4. The molecule has 0 aliphatic heterocycles. The minimum atomic E-state index is -0.464. The second kappa shape index (κ2) is 8.59. The van der Waals surface area contributed by atoms with Crippen LogP contribution in [0.5, 0.6) is 5.75 Å². The number of carbonyl (C=O) groups excluding carboxylic acids is 1. The van der Waals surface area contributed by atoms with Gasteiger partial charge in [0.15, 0.2) is 0 Å². The molecule has 0 fully saturated rings. The van der Waals surface area contributed by atoms with Gasteiger partial charge >= 0.3 is 5.97 Å². The third-order valence-electron chi connectivity index (χ3n) is 4.58. The molecule has 0 saturated carbocycles. The molecular weight excluding hydrogens is 407 g/mol. The summed E-state index contributed by atoms with van der Waals surface area (Å²) < 4.78 is 30.3. The van der Waals surface area contributed by atoms with Crippen LogP contribution in [0, 0.1) is 5.82 Å². The van der Waals surface area contributed by atoms with E-state index in [9.17, 15) is 9.18 Å². The molecule has 0 atom stereocenters. The van der Waals surface area contributed by atoms with Gasteiger partial charge in [0.1, 0.15) is 35.1 Å². The first-order valence-electron chi connectivity index (χ1n) is 9.42. The van der Waals surface area contributed by atoms with Crippen molar-refractivity contribution in [2.75, 3.05) is 6.61 Å². The molecule has 4 aromatic rings. The quantitative estimate of drug-likeness (QED) is 0.325. The van der Waals surface area contributed by atoms with Crippen LogP contribution in [0.25, 0.3) is 22.3 Å². The van der Waals surface area contributed by atoms with Gasteiger partial charge in [0.05, 0.1) is 11.6 Å². The minimum absolute atomic E-state index is 0.156. The first-order valence-corrected chi connectivity index (χ1v) is 9.80. The molecule has 0 bridgehead atoms. The number of esters is 1. The molecule has 30 heavy (non-hydrogen) atoms. The number of hydrogen-bond donors (Lipinski definition) is 0. The van der Waals surface area contributed by atoms with Crippen molar-refractivity contribution in [1.29, 1.82) is 0 Å². The molecule has 1 aromatic heterocycles. The Morgan fingerprint density at radius 1 is 1.07 bits per heavy atom. The van der Waals surface area contributed by atoms with Gasteiger partial charge in [0.25, 0.3) is 0 Å². The Bertz CT molecular complexity index is 1200. The van der Waals surface area contributed by atoms with E-state index in [2.05, 4.69) is 0 Å². The number of benzene rings is 3. The third-order valence-corrected chi connectivity index (χ3v) is 4.94. The molecule has 0 unspecified atom stereocenters. The van der Waals surface area contributed by atoms with E-state index in [4.69, 9.17) is 25.5 Å². The summed E-state index contributed by atoms with van der Waals surface area (Å²) in [4.78, 5) is 12.7. The number of halogens is 2.